The van der Waals surface area contributed by atoms with Crippen LogP contribution in [0.3, 0.4) is 0 Å². The first-order chi connectivity index (χ1) is 7.52. The highest BCUT2D eigenvalue weighted by atomic mass is 35.5. The Balaban J connectivity index is 0.000000673. The van der Waals surface area contributed by atoms with Crippen molar-refractivity contribution in [2.45, 2.75) is 20.0 Å². The van der Waals surface area contributed by atoms with Crippen molar-refractivity contribution in [2.24, 2.45) is 0 Å². The van der Waals surface area contributed by atoms with Crippen LogP contribution in [0.5, 0.6) is 5.75 Å². The standard InChI is InChI=1S/C10H12O3.CH2Cl2/c1-7(2)13-10(12)8-5-3-4-6-9(8)11;2-1-3/h3-7,11H,1-2H3;1H2. The second-order valence-electron chi connectivity index (χ2n) is 3.07. The molecule has 0 spiro atoms. The van der Waals surface area contributed by atoms with Crippen LogP contribution in [0, 0.1) is 0 Å². The highest BCUT2D eigenvalue weighted by Gasteiger charge is 2.12. The first-order valence-corrected chi connectivity index (χ1v) is 5.70. The van der Waals surface area contributed by atoms with Gasteiger partial charge in [-0.1, -0.05) is 12.1 Å². The van der Waals surface area contributed by atoms with Gasteiger partial charge in [0.25, 0.3) is 0 Å². The van der Waals surface area contributed by atoms with Crippen molar-refractivity contribution in [1.82, 2.24) is 0 Å². The maximum Gasteiger partial charge on any atom is 0.342 e. The van der Waals surface area contributed by atoms with Crippen molar-refractivity contribution in [2.75, 3.05) is 5.34 Å². The lowest BCUT2D eigenvalue weighted by Gasteiger charge is -2.08. The summed E-state index contributed by atoms with van der Waals surface area (Å²) in [5.74, 6) is -0.541. The average Bonchev–Trinajstić information content (AvgIpc) is 2.18. The van der Waals surface area contributed by atoms with E-state index in [1.165, 1.54) is 12.1 Å². The average molecular weight is 265 g/mol. The summed E-state index contributed by atoms with van der Waals surface area (Å²) in [7, 11) is 0. The summed E-state index contributed by atoms with van der Waals surface area (Å²) < 4.78 is 4.92. The molecule has 1 aromatic rings. The predicted molar refractivity (Wildman–Crippen MR) is 65.2 cm³/mol. The maximum atomic E-state index is 11.3. The van der Waals surface area contributed by atoms with Crippen LogP contribution in [-0.2, 0) is 4.74 Å². The van der Waals surface area contributed by atoms with E-state index in [-0.39, 0.29) is 22.8 Å². The summed E-state index contributed by atoms with van der Waals surface area (Å²) in [6.07, 6.45) is -0.174. The number of para-hydroxylation sites is 1. The Labute approximate surface area is 105 Å². The fourth-order valence-corrected chi connectivity index (χ4v) is 0.924. The zero-order valence-electron chi connectivity index (χ0n) is 9.11. The highest BCUT2D eigenvalue weighted by Crippen LogP contribution is 2.16. The van der Waals surface area contributed by atoms with Gasteiger partial charge in [-0.25, -0.2) is 4.79 Å². The van der Waals surface area contributed by atoms with E-state index >= 15 is 0 Å². The number of carbonyl (C=O) groups is 1. The Morgan fingerprint density at radius 1 is 1.38 bits per heavy atom. The van der Waals surface area contributed by atoms with Gasteiger partial charge in [0.05, 0.1) is 11.4 Å². The van der Waals surface area contributed by atoms with E-state index in [9.17, 15) is 9.90 Å². The normalized spacial score (nSPS) is 9.31. The molecule has 0 unspecified atom stereocenters. The molecular weight excluding hydrogens is 251 g/mol. The van der Waals surface area contributed by atoms with Gasteiger partial charge < -0.3 is 9.84 Å². The second-order valence-corrected chi connectivity index (χ2v) is 3.88. The summed E-state index contributed by atoms with van der Waals surface area (Å²) >= 11 is 9.53. The topological polar surface area (TPSA) is 46.5 Å². The summed E-state index contributed by atoms with van der Waals surface area (Å²) in [4.78, 5) is 11.3. The van der Waals surface area contributed by atoms with Gasteiger partial charge in [-0.15, -0.1) is 23.2 Å². The quantitative estimate of drug-likeness (QED) is 0.658. The zero-order chi connectivity index (χ0) is 12.6. The third kappa shape index (κ3) is 5.83. The van der Waals surface area contributed by atoms with Crippen LogP contribution in [0.2, 0.25) is 0 Å². The van der Waals surface area contributed by atoms with Crippen molar-refractivity contribution in [1.29, 1.82) is 0 Å². The van der Waals surface area contributed by atoms with Gasteiger partial charge in [-0.3, -0.25) is 0 Å². The Hall–Kier alpha value is -0.930. The molecule has 3 nitrogen and oxygen atoms in total. The van der Waals surface area contributed by atoms with Crippen LogP contribution in [0.15, 0.2) is 24.3 Å². The largest absolute Gasteiger partial charge is 0.507 e. The van der Waals surface area contributed by atoms with Gasteiger partial charge in [0.15, 0.2) is 0 Å². The van der Waals surface area contributed by atoms with E-state index in [1.807, 2.05) is 0 Å². The molecule has 0 aliphatic carbocycles. The molecule has 0 amide bonds. The van der Waals surface area contributed by atoms with Gasteiger partial charge >= 0.3 is 5.97 Å². The number of phenols is 1. The van der Waals surface area contributed by atoms with Crippen molar-refractivity contribution in [3.63, 3.8) is 0 Å². The first kappa shape index (κ1) is 15.1. The number of rotatable bonds is 2. The number of ether oxygens (including phenoxy) is 1. The Kier molecular flexibility index (Phi) is 7.77. The molecule has 1 rings (SSSR count). The summed E-state index contributed by atoms with van der Waals surface area (Å²) in [5.41, 5.74) is 0.205. The zero-order valence-corrected chi connectivity index (χ0v) is 10.6. The number of halogens is 2. The molecule has 0 bridgehead atoms. The van der Waals surface area contributed by atoms with E-state index in [4.69, 9.17) is 27.9 Å². The van der Waals surface area contributed by atoms with E-state index in [2.05, 4.69) is 0 Å². The Bertz CT molecular complexity index is 327. The molecule has 0 heterocycles. The van der Waals surface area contributed by atoms with Crippen molar-refractivity contribution in [3.05, 3.63) is 29.8 Å². The van der Waals surface area contributed by atoms with E-state index < -0.39 is 5.97 Å². The molecule has 16 heavy (non-hydrogen) atoms. The molecule has 5 heteroatoms. The molecule has 90 valence electrons. The SMILES string of the molecule is CC(C)OC(=O)c1ccccc1O.ClCCl. The third-order valence-corrected chi connectivity index (χ3v) is 1.47. The summed E-state index contributed by atoms with van der Waals surface area (Å²) in [5, 5.41) is 9.49. The van der Waals surface area contributed by atoms with Gasteiger partial charge in [0.2, 0.25) is 0 Å². The number of aromatic hydroxyl groups is 1. The summed E-state index contributed by atoms with van der Waals surface area (Å²) in [6, 6.07) is 6.31. The minimum atomic E-state index is -0.492. The van der Waals surface area contributed by atoms with Gasteiger partial charge in [-0.2, -0.15) is 0 Å². The lowest BCUT2D eigenvalue weighted by Crippen LogP contribution is -2.11. The maximum absolute atomic E-state index is 11.3. The second kappa shape index (κ2) is 8.25. The van der Waals surface area contributed by atoms with Crippen LogP contribution in [0.25, 0.3) is 0 Å². The lowest BCUT2D eigenvalue weighted by molar-refractivity contribution is 0.0375. The Morgan fingerprint density at radius 3 is 2.31 bits per heavy atom. The minimum Gasteiger partial charge on any atom is -0.507 e. The molecule has 0 saturated heterocycles. The number of alkyl halides is 2. The molecule has 0 radical (unpaired) electrons. The molecule has 0 fully saturated rings. The van der Waals surface area contributed by atoms with Crippen LogP contribution < -0.4 is 0 Å². The molecule has 1 N–H and O–H groups in total. The van der Waals surface area contributed by atoms with Crippen molar-refractivity contribution in [3.8, 4) is 5.75 Å². The molecule has 0 aliphatic heterocycles. The predicted octanol–water partition coefficient (Wildman–Crippen LogP) is 3.38. The minimum absolute atomic E-state index is 0.0480. The molecule has 0 aliphatic rings. The fourth-order valence-electron chi connectivity index (χ4n) is 0.924. The number of carbonyl (C=O) groups excluding carboxylic acids is 1. The van der Waals surface area contributed by atoms with Gasteiger partial charge in [-0.05, 0) is 26.0 Å². The van der Waals surface area contributed by atoms with E-state index in [0.717, 1.165) is 0 Å². The highest BCUT2D eigenvalue weighted by molar-refractivity contribution is 6.40. The Morgan fingerprint density at radius 2 is 1.88 bits per heavy atom. The fraction of sp³-hybridized carbons (Fsp3) is 0.364. The number of phenolic OH excluding ortho intramolecular Hbond substituents is 1. The molecule has 1 aromatic carbocycles. The molecular formula is C11H14Cl2O3. The van der Waals surface area contributed by atoms with Gasteiger partial charge in [0, 0.05) is 0 Å². The van der Waals surface area contributed by atoms with Crippen LogP contribution >= 0.6 is 23.2 Å². The van der Waals surface area contributed by atoms with Crippen molar-refractivity contribution < 1.29 is 14.6 Å². The van der Waals surface area contributed by atoms with Crippen LogP contribution in [-0.4, -0.2) is 22.5 Å². The van der Waals surface area contributed by atoms with Crippen LogP contribution in [0.4, 0.5) is 0 Å². The smallest absolute Gasteiger partial charge is 0.342 e. The number of hydrogen-bond acceptors (Lipinski definition) is 3. The van der Waals surface area contributed by atoms with Crippen LogP contribution in [0.1, 0.15) is 24.2 Å². The monoisotopic (exact) mass is 264 g/mol. The number of benzene rings is 1. The molecule has 0 aromatic heterocycles. The third-order valence-electron chi connectivity index (χ3n) is 1.47. The molecule has 0 atom stereocenters. The lowest BCUT2D eigenvalue weighted by atomic mass is 10.2. The summed E-state index contributed by atoms with van der Waals surface area (Å²) in [6.45, 7) is 3.52. The number of esters is 1. The van der Waals surface area contributed by atoms with Crippen molar-refractivity contribution >= 4 is 29.2 Å². The first-order valence-electron chi connectivity index (χ1n) is 4.63. The van der Waals surface area contributed by atoms with E-state index in [0.29, 0.717) is 0 Å². The van der Waals surface area contributed by atoms with E-state index in [1.54, 1.807) is 26.0 Å². The number of hydrogen-bond donors (Lipinski definition) is 1. The van der Waals surface area contributed by atoms with Gasteiger partial charge in [0.1, 0.15) is 11.3 Å². The molecule has 0 saturated carbocycles.